The summed E-state index contributed by atoms with van der Waals surface area (Å²) < 4.78 is 5.42. The third-order valence-corrected chi connectivity index (χ3v) is 3.51. The van der Waals surface area contributed by atoms with Crippen LogP contribution in [0, 0.1) is 5.92 Å². The number of imide groups is 1. The summed E-state index contributed by atoms with van der Waals surface area (Å²) in [6, 6.07) is 5.73. The van der Waals surface area contributed by atoms with Gasteiger partial charge in [0.05, 0.1) is 11.1 Å². The van der Waals surface area contributed by atoms with Crippen LogP contribution in [0.25, 0.3) is 0 Å². The molecule has 0 fully saturated rings. The van der Waals surface area contributed by atoms with Crippen molar-refractivity contribution in [3.63, 3.8) is 0 Å². The maximum absolute atomic E-state index is 12.6. The van der Waals surface area contributed by atoms with Gasteiger partial charge in [0.2, 0.25) is 0 Å². The van der Waals surface area contributed by atoms with Crippen LogP contribution in [0.15, 0.2) is 24.3 Å². The zero-order valence-electron chi connectivity index (χ0n) is 14.3. The van der Waals surface area contributed by atoms with Crippen molar-refractivity contribution in [1.82, 2.24) is 4.90 Å². The number of amides is 2. The number of hydrogen-bond acceptors (Lipinski definition) is 4. The minimum atomic E-state index is -0.901. The highest BCUT2D eigenvalue weighted by Gasteiger charge is 2.44. The third-order valence-electron chi connectivity index (χ3n) is 3.51. The maximum Gasteiger partial charge on any atom is 0.329 e. The quantitative estimate of drug-likeness (QED) is 0.632. The maximum atomic E-state index is 12.6. The summed E-state index contributed by atoms with van der Waals surface area (Å²) in [6.45, 7) is 9.17. The molecule has 0 aromatic heterocycles. The Kier molecular flexibility index (Phi) is 4.59. The van der Waals surface area contributed by atoms with Gasteiger partial charge in [0.15, 0.2) is 0 Å². The summed E-state index contributed by atoms with van der Waals surface area (Å²) in [5.41, 5.74) is 0.00923. The molecule has 0 bridgehead atoms. The molecule has 0 radical (unpaired) electrons. The summed E-state index contributed by atoms with van der Waals surface area (Å²) >= 11 is 0. The Morgan fingerprint density at radius 1 is 1.09 bits per heavy atom. The molecule has 23 heavy (non-hydrogen) atoms. The van der Waals surface area contributed by atoms with Crippen LogP contribution >= 0.6 is 0 Å². The van der Waals surface area contributed by atoms with Gasteiger partial charge in [-0.25, -0.2) is 4.79 Å². The molecule has 1 atom stereocenters. The van der Waals surface area contributed by atoms with Gasteiger partial charge >= 0.3 is 5.97 Å². The highest BCUT2D eigenvalue weighted by Crippen LogP contribution is 2.28. The van der Waals surface area contributed by atoms with Crippen LogP contribution in [0.1, 0.15) is 61.8 Å². The fraction of sp³-hybridized carbons (Fsp3) is 0.500. The van der Waals surface area contributed by atoms with E-state index < -0.39 is 29.4 Å². The number of ether oxygens (including phenoxy) is 1. The van der Waals surface area contributed by atoms with Crippen LogP contribution in [-0.4, -0.2) is 34.3 Å². The molecule has 0 aliphatic carbocycles. The van der Waals surface area contributed by atoms with Crippen LogP contribution in [-0.2, 0) is 9.53 Å². The molecule has 0 saturated heterocycles. The van der Waals surface area contributed by atoms with E-state index in [0.29, 0.717) is 17.5 Å². The average molecular weight is 317 g/mol. The van der Waals surface area contributed by atoms with E-state index in [1.165, 1.54) is 0 Å². The van der Waals surface area contributed by atoms with Gasteiger partial charge in [0, 0.05) is 0 Å². The zero-order valence-corrected chi connectivity index (χ0v) is 14.3. The standard InChI is InChI=1S/C18H23NO4/c1-11(2)10-14(17(22)23-18(3,4)5)19-15(20)12-8-6-7-9-13(12)16(19)21/h6-9,11,14H,10H2,1-5H3. The van der Waals surface area contributed by atoms with Gasteiger partial charge < -0.3 is 4.74 Å². The lowest BCUT2D eigenvalue weighted by molar-refractivity contribution is -0.160. The summed E-state index contributed by atoms with van der Waals surface area (Å²) in [4.78, 5) is 38.8. The Morgan fingerprint density at radius 2 is 1.57 bits per heavy atom. The highest BCUT2D eigenvalue weighted by molar-refractivity contribution is 6.22. The van der Waals surface area contributed by atoms with E-state index in [1.807, 2.05) is 13.8 Å². The van der Waals surface area contributed by atoms with Crippen molar-refractivity contribution >= 4 is 17.8 Å². The molecule has 0 N–H and O–H groups in total. The first kappa shape index (κ1) is 17.2. The van der Waals surface area contributed by atoms with Crippen molar-refractivity contribution in [2.24, 2.45) is 5.92 Å². The first-order valence-corrected chi connectivity index (χ1v) is 7.81. The van der Waals surface area contributed by atoms with Gasteiger partial charge in [-0.1, -0.05) is 26.0 Å². The molecule has 1 aliphatic rings. The zero-order chi connectivity index (χ0) is 17.4. The lowest BCUT2D eigenvalue weighted by atomic mass is 10.0. The smallest absolute Gasteiger partial charge is 0.329 e. The Bertz CT molecular complexity index is 608. The molecule has 1 aromatic rings. The highest BCUT2D eigenvalue weighted by atomic mass is 16.6. The summed E-state index contributed by atoms with van der Waals surface area (Å²) in [5, 5.41) is 0. The minimum absolute atomic E-state index is 0.136. The Balaban J connectivity index is 2.36. The SMILES string of the molecule is CC(C)CC(C(=O)OC(C)(C)C)N1C(=O)c2ccccc2C1=O. The molecule has 2 amide bonds. The second kappa shape index (κ2) is 6.14. The van der Waals surface area contributed by atoms with Crippen LogP contribution in [0.5, 0.6) is 0 Å². The van der Waals surface area contributed by atoms with E-state index in [0.717, 1.165) is 4.90 Å². The number of rotatable bonds is 4. The monoisotopic (exact) mass is 317 g/mol. The van der Waals surface area contributed by atoms with Crippen LogP contribution in [0.4, 0.5) is 0 Å². The number of nitrogens with zero attached hydrogens (tertiary/aromatic N) is 1. The van der Waals surface area contributed by atoms with E-state index in [-0.39, 0.29) is 5.92 Å². The molecular formula is C18H23NO4. The summed E-state index contributed by atoms with van der Waals surface area (Å²) in [6.07, 6.45) is 0.375. The van der Waals surface area contributed by atoms with Gasteiger partial charge in [0.25, 0.3) is 11.8 Å². The predicted molar refractivity (Wildman–Crippen MR) is 86.0 cm³/mol. The van der Waals surface area contributed by atoms with Crippen molar-refractivity contribution in [3.8, 4) is 0 Å². The van der Waals surface area contributed by atoms with Crippen LogP contribution in [0.3, 0.4) is 0 Å². The van der Waals surface area contributed by atoms with Gasteiger partial charge in [-0.2, -0.15) is 0 Å². The molecular weight excluding hydrogens is 294 g/mol. The van der Waals surface area contributed by atoms with Gasteiger partial charge in [-0.3, -0.25) is 14.5 Å². The Hall–Kier alpha value is -2.17. The van der Waals surface area contributed by atoms with Crippen molar-refractivity contribution in [1.29, 1.82) is 0 Å². The van der Waals surface area contributed by atoms with E-state index in [1.54, 1.807) is 45.0 Å². The number of carbonyl (C=O) groups excluding carboxylic acids is 3. The molecule has 124 valence electrons. The molecule has 1 aromatic carbocycles. The molecule has 0 spiro atoms. The van der Waals surface area contributed by atoms with E-state index in [9.17, 15) is 14.4 Å². The van der Waals surface area contributed by atoms with E-state index >= 15 is 0 Å². The molecule has 5 heteroatoms. The lowest BCUT2D eigenvalue weighted by Gasteiger charge is -2.29. The second-order valence-corrected chi connectivity index (χ2v) is 7.20. The third kappa shape index (κ3) is 3.60. The van der Waals surface area contributed by atoms with Gasteiger partial charge in [-0.05, 0) is 45.2 Å². The van der Waals surface area contributed by atoms with Crippen molar-refractivity contribution in [3.05, 3.63) is 35.4 Å². The summed E-state index contributed by atoms with van der Waals surface area (Å²) in [5.74, 6) is -1.26. The first-order valence-electron chi connectivity index (χ1n) is 7.81. The van der Waals surface area contributed by atoms with E-state index in [4.69, 9.17) is 4.74 Å². The Labute approximate surface area is 136 Å². The number of fused-ring (bicyclic) bond motifs is 1. The molecule has 1 aliphatic heterocycles. The lowest BCUT2D eigenvalue weighted by Crippen LogP contribution is -2.48. The van der Waals surface area contributed by atoms with Crippen LogP contribution in [0.2, 0.25) is 0 Å². The molecule has 2 rings (SSSR count). The number of esters is 1. The number of benzene rings is 1. The van der Waals surface area contributed by atoms with Gasteiger partial charge in [-0.15, -0.1) is 0 Å². The van der Waals surface area contributed by atoms with Crippen molar-refractivity contribution in [2.45, 2.75) is 52.7 Å². The molecule has 5 nitrogen and oxygen atoms in total. The molecule has 1 unspecified atom stereocenters. The molecule has 1 heterocycles. The van der Waals surface area contributed by atoms with Crippen LogP contribution < -0.4 is 0 Å². The fourth-order valence-electron chi connectivity index (χ4n) is 2.61. The first-order chi connectivity index (χ1) is 10.6. The Morgan fingerprint density at radius 3 is 1.96 bits per heavy atom. The fourth-order valence-corrected chi connectivity index (χ4v) is 2.61. The van der Waals surface area contributed by atoms with Crippen molar-refractivity contribution < 1.29 is 19.1 Å². The normalized spacial score (nSPS) is 15.8. The summed E-state index contributed by atoms with van der Waals surface area (Å²) in [7, 11) is 0. The van der Waals surface area contributed by atoms with E-state index in [2.05, 4.69) is 0 Å². The predicted octanol–water partition coefficient (Wildman–Crippen LogP) is 3.04. The average Bonchev–Trinajstić information content (AvgIpc) is 2.67. The largest absolute Gasteiger partial charge is 0.458 e. The number of hydrogen-bond donors (Lipinski definition) is 0. The second-order valence-electron chi connectivity index (χ2n) is 7.20. The van der Waals surface area contributed by atoms with Crippen molar-refractivity contribution in [2.75, 3.05) is 0 Å². The number of carbonyl (C=O) groups is 3. The topological polar surface area (TPSA) is 63.7 Å². The molecule has 0 saturated carbocycles. The minimum Gasteiger partial charge on any atom is -0.458 e. The van der Waals surface area contributed by atoms with Gasteiger partial charge in [0.1, 0.15) is 11.6 Å².